The van der Waals surface area contributed by atoms with E-state index in [-0.39, 0.29) is 0 Å². The molecule has 3 rings (SSSR count). The minimum Gasteiger partial charge on any atom is -0.466 e. The Kier molecular flexibility index (Phi) is 3.25. The minimum absolute atomic E-state index is 0.403. The molecule has 0 spiro atoms. The second-order valence-corrected chi connectivity index (χ2v) is 4.74. The minimum atomic E-state index is -0.472. The van der Waals surface area contributed by atoms with Gasteiger partial charge in [0.05, 0.1) is 12.7 Å². The number of aryl methyl sites for hydroxylation is 1. The molecule has 0 aliphatic carbocycles. The highest BCUT2D eigenvalue weighted by Crippen LogP contribution is 2.36. The van der Waals surface area contributed by atoms with Crippen molar-refractivity contribution in [2.24, 2.45) is 0 Å². The standard InChI is InChI=1S/C14H16N4O3/c1-4-9-11(13(19)20-3)12(10-6-5-8(2)21-10)18-14(17-9)15-7-16-18/h5-7,12H,4H2,1-3H3,(H,15,16,17)/t12-/m1/s1. The molecule has 0 aromatic carbocycles. The predicted octanol–water partition coefficient (Wildman–Crippen LogP) is 2.03. The van der Waals surface area contributed by atoms with Gasteiger partial charge in [-0.1, -0.05) is 6.92 Å². The molecule has 2 aromatic rings. The number of hydrogen-bond acceptors (Lipinski definition) is 6. The third-order valence-electron chi connectivity index (χ3n) is 3.47. The summed E-state index contributed by atoms with van der Waals surface area (Å²) < 4.78 is 12.3. The lowest BCUT2D eigenvalue weighted by Crippen LogP contribution is -2.29. The van der Waals surface area contributed by atoms with E-state index in [1.807, 2.05) is 26.0 Å². The fourth-order valence-corrected chi connectivity index (χ4v) is 2.50. The smallest absolute Gasteiger partial charge is 0.338 e. The average molecular weight is 288 g/mol. The number of anilines is 1. The third-order valence-corrected chi connectivity index (χ3v) is 3.47. The van der Waals surface area contributed by atoms with Gasteiger partial charge in [0.2, 0.25) is 5.95 Å². The number of nitrogens with zero attached hydrogens (tertiary/aromatic N) is 3. The van der Waals surface area contributed by atoms with Gasteiger partial charge in [-0.2, -0.15) is 10.1 Å². The molecule has 1 N–H and O–H groups in total. The topological polar surface area (TPSA) is 82.2 Å². The predicted molar refractivity (Wildman–Crippen MR) is 74.6 cm³/mol. The zero-order valence-electron chi connectivity index (χ0n) is 12.1. The van der Waals surface area contributed by atoms with Gasteiger partial charge in [0.1, 0.15) is 23.9 Å². The fourth-order valence-electron chi connectivity index (χ4n) is 2.50. The molecule has 0 fully saturated rings. The van der Waals surface area contributed by atoms with Crippen molar-refractivity contribution < 1.29 is 13.9 Å². The van der Waals surface area contributed by atoms with Crippen molar-refractivity contribution in [2.75, 3.05) is 12.4 Å². The maximum absolute atomic E-state index is 12.2. The van der Waals surface area contributed by atoms with Crippen molar-refractivity contribution >= 4 is 11.9 Å². The summed E-state index contributed by atoms with van der Waals surface area (Å²) in [4.78, 5) is 16.4. The molecule has 1 aliphatic heterocycles. The van der Waals surface area contributed by atoms with Gasteiger partial charge in [0, 0.05) is 5.70 Å². The van der Waals surface area contributed by atoms with E-state index < -0.39 is 12.0 Å². The third kappa shape index (κ3) is 2.10. The Labute approximate surface area is 121 Å². The van der Waals surface area contributed by atoms with Crippen molar-refractivity contribution in [1.82, 2.24) is 14.8 Å². The van der Waals surface area contributed by atoms with Crippen LogP contribution in [0.1, 0.15) is 30.9 Å². The number of rotatable bonds is 3. The Bertz CT molecular complexity index is 713. The highest BCUT2D eigenvalue weighted by atomic mass is 16.5. The Morgan fingerprint density at radius 1 is 1.52 bits per heavy atom. The molecular weight excluding hydrogens is 272 g/mol. The van der Waals surface area contributed by atoms with Crippen LogP contribution < -0.4 is 5.32 Å². The van der Waals surface area contributed by atoms with Crippen LogP contribution in [0.4, 0.5) is 5.95 Å². The van der Waals surface area contributed by atoms with Crippen molar-refractivity contribution in [3.8, 4) is 0 Å². The quantitative estimate of drug-likeness (QED) is 0.870. The number of methoxy groups -OCH3 is 1. The Morgan fingerprint density at radius 2 is 2.33 bits per heavy atom. The molecule has 1 aliphatic rings. The highest BCUT2D eigenvalue weighted by Gasteiger charge is 2.36. The zero-order valence-corrected chi connectivity index (χ0v) is 12.1. The number of carbonyl (C=O) groups is 1. The molecule has 0 unspecified atom stereocenters. The molecule has 0 saturated heterocycles. The van der Waals surface area contributed by atoms with E-state index in [9.17, 15) is 4.79 Å². The molecule has 2 aromatic heterocycles. The van der Waals surface area contributed by atoms with Crippen LogP contribution in [-0.2, 0) is 9.53 Å². The molecule has 7 nitrogen and oxygen atoms in total. The maximum atomic E-state index is 12.2. The van der Waals surface area contributed by atoms with E-state index in [4.69, 9.17) is 9.15 Å². The lowest BCUT2D eigenvalue weighted by molar-refractivity contribution is -0.136. The lowest BCUT2D eigenvalue weighted by Gasteiger charge is -2.27. The maximum Gasteiger partial charge on any atom is 0.338 e. The number of fused-ring (bicyclic) bond motifs is 1. The average Bonchev–Trinajstić information content (AvgIpc) is 3.12. The van der Waals surface area contributed by atoms with E-state index >= 15 is 0 Å². The van der Waals surface area contributed by atoms with Crippen LogP contribution in [0.3, 0.4) is 0 Å². The van der Waals surface area contributed by atoms with Gasteiger partial charge < -0.3 is 14.5 Å². The molecule has 0 radical (unpaired) electrons. The summed E-state index contributed by atoms with van der Waals surface area (Å²) in [6, 6.07) is 3.22. The lowest BCUT2D eigenvalue weighted by atomic mass is 9.99. The number of esters is 1. The van der Waals surface area contributed by atoms with Crippen molar-refractivity contribution in [3.05, 3.63) is 41.3 Å². The van der Waals surface area contributed by atoms with Crippen LogP contribution in [0.25, 0.3) is 0 Å². The van der Waals surface area contributed by atoms with Gasteiger partial charge in [-0.05, 0) is 25.5 Å². The van der Waals surface area contributed by atoms with E-state index in [0.29, 0.717) is 23.7 Å². The second-order valence-electron chi connectivity index (χ2n) is 4.74. The molecule has 7 heteroatoms. The first-order valence-corrected chi connectivity index (χ1v) is 6.70. The van der Waals surface area contributed by atoms with Crippen LogP contribution in [0.2, 0.25) is 0 Å². The Balaban J connectivity index is 2.20. The number of carbonyl (C=O) groups excluding carboxylic acids is 1. The molecule has 21 heavy (non-hydrogen) atoms. The van der Waals surface area contributed by atoms with Crippen LogP contribution >= 0.6 is 0 Å². The molecular formula is C14H16N4O3. The first kappa shape index (κ1) is 13.4. The molecule has 0 amide bonds. The number of nitrogens with one attached hydrogen (secondary N) is 1. The van der Waals surface area contributed by atoms with Gasteiger partial charge in [-0.25, -0.2) is 9.48 Å². The van der Waals surface area contributed by atoms with E-state index in [2.05, 4.69) is 15.4 Å². The number of ether oxygens (including phenoxy) is 1. The molecule has 110 valence electrons. The fraction of sp³-hybridized carbons (Fsp3) is 0.357. The van der Waals surface area contributed by atoms with E-state index in [1.165, 1.54) is 13.4 Å². The summed E-state index contributed by atoms with van der Waals surface area (Å²) in [5.41, 5.74) is 1.26. The SMILES string of the molecule is CCC1=C(C(=O)OC)[C@@H](c2ccc(C)o2)n2ncnc2N1. The van der Waals surface area contributed by atoms with Crippen molar-refractivity contribution in [3.63, 3.8) is 0 Å². The van der Waals surface area contributed by atoms with Gasteiger partial charge >= 0.3 is 5.97 Å². The summed E-state index contributed by atoms with van der Waals surface area (Å²) >= 11 is 0. The number of allylic oxidation sites excluding steroid dienone is 1. The largest absolute Gasteiger partial charge is 0.466 e. The summed E-state index contributed by atoms with van der Waals surface area (Å²) in [5, 5.41) is 7.33. The molecule has 3 heterocycles. The van der Waals surface area contributed by atoms with Crippen molar-refractivity contribution in [2.45, 2.75) is 26.3 Å². The van der Waals surface area contributed by atoms with E-state index in [1.54, 1.807) is 4.68 Å². The molecule has 0 bridgehead atoms. The number of aromatic nitrogens is 3. The Morgan fingerprint density at radius 3 is 2.95 bits per heavy atom. The normalized spacial score (nSPS) is 17.4. The second kappa shape index (κ2) is 5.08. The van der Waals surface area contributed by atoms with Gasteiger partial charge in [0.25, 0.3) is 0 Å². The molecule has 1 atom stereocenters. The summed E-state index contributed by atoms with van der Waals surface area (Å²) in [7, 11) is 1.36. The summed E-state index contributed by atoms with van der Waals surface area (Å²) in [6.45, 7) is 3.82. The first-order chi connectivity index (χ1) is 10.2. The van der Waals surface area contributed by atoms with Crippen LogP contribution in [0.15, 0.2) is 34.1 Å². The Hall–Kier alpha value is -2.57. The van der Waals surface area contributed by atoms with Crippen LogP contribution in [0, 0.1) is 6.92 Å². The van der Waals surface area contributed by atoms with E-state index in [0.717, 1.165) is 11.5 Å². The monoisotopic (exact) mass is 288 g/mol. The summed E-state index contributed by atoms with van der Waals surface area (Å²) in [5.74, 6) is 1.58. The number of furan rings is 1. The zero-order chi connectivity index (χ0) is 15.0. The van der Waals surface area contributed by atoms with Gasteiger partial charge in [-0.15, -0.1) is 0 Å². The van der Waals surface area contributed by atoms with Gasteiger partial charge in [-0.3, -0.25) is 0 Å². The molecule has 0 saturated carbocycles. The summed E-state index contributed by atoms with van der Waals surface area (Å²) in [6.07, 6.45) is 2.09. The van der Waals surface area contributed by atoms with Gasteiger partial charge in [0.15, 0.2) is 0 Å². The highest BCUT2D eigenvalue weighted by molar-refractivity contribution is 5.92. The number of hydrogen-bond donors (Lipinski definition) is 1. The van der Waals surface area contributed by atoms with Crippen LogP contribution in [-0.4, -0.2) is 27.8 Å². The first-order valence-electron chi connectivity index (χ1n) is 6.70. The van der Waals surface area contributed by atoms with Crippen molar-refractivity contribution in [1.29, 1.82) is 0 Å². The van der Waals surface area contributed by atoms with Crippen LogP contribution in [0.5, 0.6) is 0 Å².